The second-order valence-corrected chi connectivity index (χ2v) is 6.52. The fourth-order valence-corrected chi connectivity index (χ4v) is 3.15. The summed E-state index contributed by atoms with van der Waals surface area (Å²) in [5.41, 5.74) is -0.134. The van der Waals surface area contributed by atoms with Gasteiger partial charge in [0.15, 0.2) is 0 Å². The molecule has 1 saturated carbocycles. The maximum absolute atomic E-state index is 11.9. The average molecular weight is 254 g/mol. The third-order valence-electron chi connectivity index (χ3n) is 4.09. The molecule has 4 heteroatoms. The highest BCUT2D eigenvalue weighted by atomic mass is 16.5. The maximum Gasteiger partial charge on any atom is 0.246 e. The molecule has 1 amide bonds. The minimum absolute atomic E-state index is 0.0365. The van der Waals surface area contributed by atoms with Crippen LogP contribution in [0.1, 0.15) is 40.0 Å². The van der Waals surface area contributed by atoms with Crippen LogP contribution >= 0.6 is 0 Å². The number of ether oxygens (including phenoxy) is 1. The van der Waals surface area contributed by atoms with Crippen LogP contribution < -0.4 is 10.6 Å². The van der Waals surface area contributed by atoms with E-state index in [1.165, 1.54) is 6.42 Å². The number of hydrogen-bond donors (Lipinski definition) is 2. The molecular formula is C14H26N2O2. The minimum atomic E-state index is -0.134. The van der Waals surface area contributed by atoms with Gasteiger partial charge >= 0.3 is 0 Å². The fourth-order valence-electron chi connectivity index (χ4n) is 3.15. The summed E-state index contributed by atoms with van der Waals surface area (Å²) in [6, 6.07) is 0.340. The Morgan fingerprint density at radius 1 is 1.28 bits per heavy atom. The number of amides is 1. The van der Waals surface area contributed by atoms with Crippen molar-refractivity contribution >= 4 is 5.91 Å². The Balaban J connectivity index is 1.70. The zero-order valence-corrected chi connectivity index (χ0v) is 11.8. The van der Waals surface area contributed by atoms with E-state index in [-0.39, 0.29) is 18.1 Å². The summed E-state index contributed by atoms with van der Waals surface area (Å²) in [5.74, 6) is 1.47. The molecule has 1 heterocycles. The Morgan fingerprint density at radius 2 is 1.89 bits per heavy atom. The van der Waals surface area contributed by atoms with Crippen LogP contribution in [0.3, 0.4) is 0 Å². The highest BCUT2D eigenvalue weighted by molar-refractivity contribution is 5.77. The number of carbonyl (C=O) groups excluding carboxylic acids is 1. The predicted octanol–water partition coefficient (Wildman–Crippen LogP) is 1.31. The van der Waals surface area contributed by atoms with Gasteiger partial charge in [0.1, 0.15) is 6.61 Å². The molecule has 2 rings (SSSR count). The van der Waals surface area contributed by atoms with Gasteiger partial charge in [0.2, 0.25) is 5.91 Å². The van der Waals surface area contributed by atoms with Crippen LogP contribution in [0, 0.1) is 11.8 Å². The molecule has 0 aromatic heterocycles. The molecule has 2 aliphatic rings. The van der Waals surface area contributed by atoms with E-state index in [1.807, 2.05) is 6.92 Å². The van der Waals surface area contributed by atoms with Gasteiger partial charge in [0.05, 0.1) is 5.60 Å². The van der Waals surface area contributed by atoms with Crippen LogP contribution in [0.25, 0.3) is 0 Å². The fraction of sp³-hybridized carbons (Fsp3) is 0.929. The Kier molecular flexibility index (Phi) is 4.28. The second-order valence-electron chi connectivity index (χ2n) is 6.52. The van der Waals surface area contributed by atoms with Gasteiger partial charge in [-0.25, -0.2) is 0 Å². The molecular weight excluding hydrogens is 228 g/mol. The van der Waals surface area contributed by atoms with Crippen LogP contribution in [0.4, 0.5) is 0 Å². The minimum Gasteiger partial charge on any atom is -0.363 e. The lowest BCUT2D eigenvalue weighted by atomic mass is 9.80. The van der Waals surface area contributed by atoms with E-state index in [1.54, 1.807) is 0 Å². The van der Waals surface area contributed by atoms with E-state index < -0.39 is 0 Å². The molecule has 2 N–H and O–H groups in total. The molecule has 18 heavy (non-hydrogen) atoms. The van der Waals surface area contributed by atoms with Crippen molar-refractivity contribution < 1.29 is 9.53 Å². The quantitative estimate of drug-likeness (QED) is 0.795. The summed E-state index contributed by atoms with van der Waals surface area (Å²) < 4.78 is 5.65. The molecule has 4 nitrogen and oxygen atoms in total. The number of carbonyl (C=O) groups is 1. The van der Waals surface area contributed by atoms with Gasteiger partial charge in [-0.05, 0) is 38.0 Å². The SMILES string of the molecule is CC1CC(C)CC(NC(=O)COC2(C)CNC2)C1. The first kappa shape index (κ1) is 13.8. The van der Waals surface area contributed by atoms with Crippen molar-refractivity contribution in [2.45, 2.75) is 51.7 Å². The monoisotopic (exact) mass is 254 g/mol. The lowest BCUT2D eigenvalue weighted by molar-refractivity contribution is -0.136. The summed E-state index contributed by atoms with van der Waals surface area (Å²) in [7, 11) is 0. The van der Waals surface area contributed by atoms with Crippen LogP contribution in [-0.2, 0) is 9.53 Å². The zero-order chi connectivity index (χ0) is 13.2. The summed E-state index contributed by atoms with van der Waals surface area (Å²) >= 11 is 0. The van der Waals surface area contributed by atoms with Gasteiger partial charge in [-0.2, -0.15) is 0 Å². The first-order chi connectivity index (χ1) is 8.47. The van der Waals surface area contributed by atoms with Crippen molar-refractivity contribution in [2.24, 2.45) is 11.8 Å². The van der Waals surface area contributed by atoms with Crippen molar-refractivity contribution in [3.8, 4) is 0 Å². The van der Waals surface area contributed by atoms with E-state index in [4.69, 9.17) is 4.74 Å². The molecule has 0 aromatic carbocycles. The molecule has 104 valence electrons. The smallest absolute Gasteiger partial charge is 0.246 e. The highest BCUT2D eigenvalue weighted by Crippen LogP contribution is 2.28. The van der Waals surface area contributed by atoms with Crippen molar-refractivity contribution in [3.05, 3.63) is 0 Å². The standard InChI is InChI=1S/C14H26N2O2/c1-10-4-11(2)6-12(5-10)16-13(17)7-18-14(3)8-15-9-14/h10-12,15H,4-9H2,1-3H3,(H,16,17). The topological polar surface area (TPSA) is 50.4 Å². The summed E-state index contributed by atoms with van der Waals surface area (Å²) in [4.78, 5) is 11.9. The van der Waals surface area contributed by atoms with Gasteiger partial charge in [-0.1, -0.05) is 13.8 Å². The molecule has 1 aliphatic carbocycles. The first-order valence-electron chi connectivity index (χ1n) is 7.11. The molecule has 0 bridgehead atoms. The number of hydrogen-bond acceptors (Lipinski definition) is 3. The summed E-state index contributed by atoms with van der Waals surface area (Å²) in [6.07, 6.45) is 3.50. The third-order valence-corrected chi connectivity index (χ3v) is 4.09. The molecule has 1 aliphatic heterocycles. The van der Waals surface area contributed by atoms with Gasteiger partial charge in [-0.3, -0.25) is 4.79 Å². The molecule has 0 radical (unpaired) electrons. The normalized spacial score (nSPS) is 34.7. The molecule has 2 fully saturated rings. The Bertz CT molecular complexity index is 292. The lowest BCUT2D eigenvalue weighted by Gasteiger charge is -2.39. The van der Waals surface area contributed by atoms with E-state index >= 15 is 0 Å². The van der Waals surface area contributed by atoms with E-state index in [0.717, 1.165) is 25.9 Å². The Hall–Kier alpha value is -0.610. The molecule has 0 spiro atoms. The second kappa shape index (κ2) is 5.57. The van der Waals surface area contributed by atoms with Crippen molar-refractivity contribution in [2.75, 3.05) is 19.7 Å². The maximum atomic E-state index is 11.9. The highest BCUT2D eigenvalue weighted by Gasteiger charge is 2.33. The van der Waals surface area contributed by atoms with Crippen molar-refractivity contribution in [3.63, 3.8) is 0 Å². The Labute approximate surface area is 110 Å². The van der Waals surface area contributed by atoms with E-state index in [9.17, 15) is 4.79 Å². The van der Waals surface area contributed by atoms with Gasteiger partial charge in [0, 0.05) is 19.1 Å². The van der Waals surface area contributed by atoms with Crippen LogP contribution in [0.2, 0.25) is 0 Å². The van der Waals surface area contributed by atoms with Crippen LogP contribution in [0.15, 0.2) is 0 Å². The molecule has 0 aromatic rings. The molecule has 2 unspecified atom stereocenters. The van der Waals surface area contributed by atoms with Crippen LogP contribution in [-0.4, -0.2) is 37.2 Å². The summed E-state index contributed by atoms with van der Waals surface area (Å²) in [6.45, 7) is 8.47. The van der Waals surface area contributed by atoms with Crippen molar-refractivity contribution in [1.82, 2.24) is 10.6 Å². The predicted molar refractivity (Wildman–Crippen MR) is 71.3 cm³/mol. The number of rotatable bonds is 4. The third kappa shape index (κ3) is 3.69. The lowest BCUT2D eigenvalue weighted by Crippen LogP contribution is -2.59. The first-order valence-corrected chi connectivity index (χ1v) is 7.11. The average Bonchev–Trinajstić information content (AvgIpc) is 2.22. The largest absolute Gasteiger partial charge is 0.363 e. The molecule has 2 atom stereocenters. The number of nitrogens with one attached hydrogen (secondary N) is 2. The van der Waals surface area contributed by atoms with E-state index in [2.05, 4.69) is 24.5 Å². The Morgan fingerprint density at radius 3 is 2.39 bits per heavy atom. The van der Waals surface area contributed by atoms with Gasteiger partial charge < -0.3 is 15.4 Å². The summed E-state index contributed by atoms with van der Waals surface area (Å²) in [5, 5.41) is 6.28. The van der Waals surface area contributed by atoms with E-state index in [0.29, 0.717) is 17.9 Å². The van der Waals surface area contributed by atoms with Crippen molar-refractivity contribution in [1.29, 1.82) is 0 Å². The van der Waals surface area contributed by atoms with Crippen LogP contribution in [0.5, 0.6) is 0 Å². The zero-order valence-electron chi connectivity index (χ0n) is 11.8. The van der Waals surface area contributed by atoms with Gasteiger partial charge in [0.25, 0.3) is 0 Å². The van der Waals surface area contributed by atoms with Gasteiger partial charge in [-0.15, -0.1) is 0 Å². The molecule has 1 saturated heterocycles.